The van der Waals surface area contributed by atoms with Gasteiger partial charge in [0.05, 0.1) is 6.54 Å². The van der Waals surface area contributed by atoms with Gasteiger partial charge in [0.25, 0.3) is 0 Å². The topological polar surface area (TPSA) is 53.6 Å². The Bertz CT molecular complexity index is 490. The van der Waals surface area contributed by atoms with Crippen LogP contribution in [0.2, 0.25) is 0 Å². The zero-order valence-corrected chi connectivity index (χ0v) is 9.94. The first-order valence-electron chi connectivity index (χ1n) is 6.16. The van der Waals surface area contributed by atoms with Crippen molar-refractivity contribution < 1.29 is 4.39 Å². The van der Waals surface area contributed by atoms with Gasteiger partial charge in [-0.1, -0.05) is 12.1 Å². The van der Waals surface area contributed by atoms with Crippen molar-refractivity contribution >= 4 is 0 Å². The number of aromatic amines is 1. The summed E-state index contributed by atoms with van der Waals surface area (Å²) in [6.45, 7) is 0.651. The molecule has 2 N–H and O–H groups in total. The summed E-state index contributed by atoms with van der Waals surface area (Å²) in [5.74, 6) is 1.28. The van der Waals surface area contributed by atoms with Crippen molar-refractivity contribution in [1.29, 1.82) is 0 Å². The Morgan fingerprint density at radius 3 is 2.72 bits per heavy atom. The molecule has 0 amide bonds. The Kier molecular flexibility index (Phi) is 3.06. The minimum Gasteiger partial charge on any atom is -0.303 e. The van der Waals surface area contributed by atoms with Crippen LogP contribution in [0.3, 0.4) is 0 Å². The van der Waals surface area contributed by atoms with Gasteiger partial charge >= 0.3 is 0 Å². The highest BCUT2D eigenvalue weighted by Crippen LogP contribution is 2.41. The number of H-pyrrole nitrogens is 1. The highest BCUT2D eigenvalue weighted by molar-refractivity contribution is 5.22. The molecule has 0 radical (unpaired) electrons. The summed E-state index contributed by atoms with van der Waals surface area (Å²) in [6, 6.07) is 7.01. The maximum Gasteiger partial charge on any atom is 0.138 e. The van der Waals surface area contributed by atoms with Gasteiger partial charge in [-0.25, -0.2) is 9.37 Å². The van der Waals surface area contributed by atoms with E-state index in [1.165, 1.54) is 31.3 Å². The van der Waals surface area contributed by atoms with Crippen LogP contribution in [0.5, 0.6) is 0 Å². The van der Waals surface area contributed by atoms with Crippen molar-refractivity contribution in [3.05, 3.63) is 47.8 Å². The second-order valence-corrected chi connectivity index (χ2v) is 4.68. The van der Waals surface area contributed by atoms with Gasteiger partial charge in [0.15, 0.2) is 0 Å². The smallest absolute Gasteiger partial charge is 0.138 e. The average molecular weight is 246 g/mol. The van der Waals surface area contributed by atoms with Gasteiger partial charge in [0.1, 0.15) is 18.0 Å². The first-order chi connectivity index (χ1) is 8.83. The van der Waals surface area contributed by atoms with Crippen LogP contribution in [0.15, 0.2) is 30.6 Å². The van der Waals surface area contributed by atoms with Crippen molar-refractivity contribution in [3.8, 4) is 0 Å². The molecule has 1 unspecified atom stereocenters. The lowest BCUT2D eigenvalue weighted by Crippen LogP contribution is -2.23. The Morgan fingerprint density at radius 2 is 2.11 bits per heavy atom. The lowest BCUT2D eigenvalue weighted by molar-refractivity contribution is 0.472. The second-order valence-electron chi connectivity index (χ2n) is 4.68. The average Bonchev–Trinajstić information content (AvgIpc) is 3.08. The molecule has 0 saturated heterocycles. The zero-order valence-electron chi connectivity index (χ0n) is 9.94. The van der Waals surface area contributed by atoms with Crippen LogP contribution in [-0.2, 0) is 6.54 Å². The molecule has 1 fully saturated rings. The highest BCUT2D eigenvalue weighted by Gasteiger charge is 2.32. The standard InChI is InChI=1S/C13H15FN4/c14-11-5-3-10(4-6-11)13(9-1-2-9)15-7-12-16-8-17-18-12/h3-6,8-9,13,15H,1-2,7H2,(H,16,17,18). The number of hydrogen-bond acceptors (Lipinski definition) is 3. The third-order valence-electron chi connectivity index (χ3n) is 3.28. The quantitative estimate of drug-likeness (QED) is 0.850. The summed E-state index contributed by atoms with van der Waals surface area (Å²) in [4.78, 5) is 4.09. The molecule has 1 aromatic heterocycles. The van der Waals surface area contributed by atoms with E-state index in [1.807, 2.05) is 12.1 Å². The van der Waals surface area contributed by atoms with Crippen LogP contribution in [-0.4, -0.2) is 15.2 Å². The third-order valence-corrected chi connectivity index (χ3v) is 3.28. The molecule has 0 aliphatic heterocycles. The molecule has 1 aromatic carbocycles. The Balaban J connectivity index is 1.70. The summed E-state index contributed by atoms with van der Waals surface area (Å²) in [5.41, 5.74) is 1.14. The number of aromatic nitrogens is 3. The summed E-state index contributed by atoms with van der Waals surface area (Å²) >= 11 is 0. The van der Waals surface area contributed by atoms with Gasteiger partial charge < -0.3 is 5.32 Å². The number of nitrogens with zero attached hydrogens (tertiary/aromatic N) is 2. The van der Waals surface area contributed by atoms with E-state index >= 15 is 0 Å². The van der Waals surface area contributed by atoms with Gasteiger partial charge in [0, 0.05) is 6.04 Å². The summed E-state index contributed by atoms with van der Waals surface area (Å²) in [5, 5.41) is 10.1. The number of halogens is 1. The molecule has 1 atom stereocenters. The van der Waals surface area contributed by atoms with E-state index in [4.69, 9.17) is 0 Å². The number of benzene rings is 1. The molecule has 1 aliphatic rings. The van der Waals surface area contributed by atoms with Crippen LogP contribution < -0.4 is 5.32 Å². The molecular formula is C13H15FN4. The Hall–Kier alpha value is -1.75. The monoisotopic (exact) mass is 246 g/mol. The van der Waals surface area contributed by atoms with Crippen molar-refractivity contribution in [3.63, 3.8) is 0 Å². The lowest BCUT2D eigenvalue weighted by atomic mass is 10.0. The molecule has 5 heteroatoms. The fourth-order valence-corrected chi connectivity index (χ4v) is 2.18. The van der Waals surface area contributed by atoms with Crippen LogP contribution in [0, 0.1) is 11.7 Å². The molecule has 94 valence electrons. The minimum atomic E-state index is -0.191. The van der Waals surface area contributed by atoms with Gasteiger partial charge in [-0.2, -0.15) is 5.10 Å². The molecule has 0 spiro atoms. The summed E-state index contributed by atoms with van der Waals surface area (Å²) in [7, 11) is 0. The molecule has 1 saturated carbocycles. The van der Waals surface area contributed by atoms with E-state index in [2.05, 4.69) is 20.5 Å². The molecule has 1 aliphatic carbocycles. The zero-order chi connectivity index (χ0) is 12.4. The van der Waals surface area contributed by atoms with Gasteiger partial charge in [0.2, 0.25) is 0 Å². The van der Waals surface area contributed by atoms with Crippen LogP contribution >= 0.6 is 0 Å². The predicted molar refractivity (Wildman–Crippen MR) is 65.1 cm³/mol. The van der Waals surface area contributed by atoms with Crippen molar-refractivity contribution in [1.82, 2.24) is 20.5 Å². The first kappa shape index (κ1) is 11.3. The van der Waals surface area contributed by atoms with Crippen LogP contribution in [0.4, 0.5) is 4.39 Å². The normalized spacial score (nSPS) is 16.7. The molecule has 2 aromatic rings. The van der Waals surface area contributed by atoms with Crippen molar-refractivity contribution in [2.24, 2.45) is 5.92 Å². The van der Waals surface area contributed by atoms with Gasteiger partial charge in [-0.15, -0.1) is 0 Å². The van der Waals surface area contributed by atoms with Gasteiger partial charge in [-0.3, -0.25) is 5.10 Å². The molecule has 0 bridgehead atoms. The Labute approximate surface area is 105 Å². The second kappa shape index (κ2) is 4.86. The van der Waals surface area contributed by atoms with Crippen LogP contribution in [0.1, 0.15) is 30.3 Å². The van der Waals surface area contributed by atoms with E-state index in [-0.39, 0.29) is 11.9 Å². The summed E-state index contributed by atoms with van der Waals surface area (Å²) in [6.07, 6.45) is 3.96. The van der Waals surface area contributed by atoms with E-state index in [9.17, 15) is 4.39 Å². The maximum absolute atomic E-state index is 12.9. The first-order valence-corrected chi connectivity index (χ1v) is 6.16. The van der Waals surface area contributed by atoms with Crippen LogP contribution in [0.25, 0.3) is 0 Å². The number of hydrogen-bond donors (Lipinski definition) is 2. The maximum atomic E-state index is 12.9. The highest BCUT2D eigenvalue weighted by atomic mass is 19.1. The third kappa shape index (κ3) is 2.56. The molecule has 3 rings (SSSR count). The Morgan fingerprint density at radius 1 is 1.33 bits per heavy atom. The number of nitrogens with one attached hydrogen (secondary N) is 2. The van der Waals surface area contributed by atoms with E-state index in [0.717, 1.165) is 11.4 Å². The largest absolute Gasteiger partial charge is 0.303 e. The molecule has 18 heavy (non-hydrogen) atoms. The van der Waals surface area contributed by atoms with Crippen molar-refractivity contribution in [2.45, 2.75) is 25.4 Å². The fourth-order valence-electron chi connectivity index (χ4n) is 2.18. The predicted octanol–water partition coefficient (Wildman–Crippen LogP) is 2.18. The van der Waals surface area contributed by atoms with E-state index in [0.29, 0.717) is 12.5 Å². The van der Waals surface area contributed by atoms with Gasteiger partial charge in [-0.05, 0) is 36.5 Å². The minimum absolute atomic E-state index is 0.191. The number of rotatable bonds is 5. The fraction of sp³-hybridized carbons (Fsp3) is 0.385. The lowest BCUT2D eigenvalue weighted by Gasteiger charge is -2.18. The molecule has 4 nitrogen and oxygen atoms in total. The van der Waals surface area contributed by atoms with Crippen molar-refractivity contribution in [2.75, 3.05) is 0 Å². The van der Waals surface area contributed by atoms with E-state index in [1.54, 1.807) is 0 Å². The molecular weight excluding hydrogens is 231 g/mol. The van der Waals surface area contributed by atoms with E-state index < -0.39 is 0 Å². The summed E-state index contributed by atoms with van der Waals surface area (Å²) < 4.78 is 12.9. The SMILES string of the molecule is Fc1ccc(C(NCc2ncn[nH]2)C2CC2)cc1. The molecule has 1 heterocycles.